The molecule has 0 aliphatic carbocycles. The maximum Gasteiger partial charge on any atom is 0.238 e. The van der Waals surface area contributed by atoms with E-state index in [4.69, 9.17) is 15.0 Å². The van der Waals surface area contributed by atoms with E-state index in [0.717, 1.165) is 55.0 Å². The molecule has 0 bridgehead atoms. The molecule has 5 nitrogen and oxygen atoms in total. The van der Waals surface area contributed by atoms with Gasteiger partial charge in [-0.3, -0.25) is 4.57 Å². The number of benzene rings is 7. The van der Waals surface area contributed by atoms with Crippen molar-refractivity contribution >= 4 is 43.6 Å². The third-order valence-electron chi connectivity index (χ3n) is 9.92. The molecule has 0 unspecified atom stereocenters. The Morgan fingerprint density at radius 2 is 0.930 bits per heavy atom. The van der Waals surface area contributed by atoms with Crippen LogP contribution < -0.4 is 0 Å². The molecule has 0 N–H and O–H groups in total. The normalized spacial score (nSPS) is 11.1. The van der Waals surface area contributed by atoms with E-state index < -0.39 is 0 Å². The molecule has 7 aromatic carbocycles. The molecule has 0 spiro atoms. The number of rotatable bonds is 6. The molecule has 0 atom stereocenters. The Balaban J connectivity index is 0.000000606. The van der Waals surface area contributed by atoms with Crippen molar-refractivity contribution in [3.63, 3.8) is 0 Å². The summed E-state index contributed by atoms with van der Waals surface area (Å²) in [7, 11) is 0. The van der Waals surface area contributed by atoms with Crippen molar-refractivity contribution in [1.29, 1.82) is 0 Å². The van der Waals surface area contributed by atoms with E-state index in [0.29, 0.717) is 17.6 Å². The van der Waals surface area contributed by atoms with Crippen LogP contribution in [0.4, 0.5) is 0 Å². The summed E-state index contributed by atoms with van der Waals surface area (Å²) in [5, 5.41) is 4.63. The molecule has 0 aliphatic rings. The van der Waals surface area contributed by atoms with E-state index in [1.807, 2.05) is 69.3 Å². The van der Waals surface area contributed by atoms with Gasteiger partial charge in [-0.05, 0) is 48.4 Å². The summed E-state index contributed by atoms with van der Waals surface area (Å²) >= 11 is 0. The van der Waals surface area contributed by atoms with Crippen LogP contribution >= 0.6 is 0 Å². The highest BCUT2D eigenvalue weighted by Gasteiger charge is 2.23. The van der Waals surface area contributed by atoms with Crippen LogP contribution in [-0.4, -0.2) is 24.1 Å². The van der Waals surface area contributed by atoms with E-state index in [2.05, 4.69) is 155 Å². The Kier molecular flexibility index (Phi) is 10.6. The van der Waals surface area contributed by atoms with Crippen LogP contribution in [-0.2, 0) is 0 Å². The van der Waals surface area contributed by atoms with Crippen LogP contribution in [0.2, 0.25) is 0 Å². The first-order chi connectivity index (χ1) is 28.2. The van der Waals surface area contributed by atoms with E-state index in [-0.39, 0.29) is 0 Å². The first kappa shape index (κ1) is 36.6. The van der Waals surface area contributed by atoms with Gasteiger partial charge in [-0.2, -0.15) is 9.97 Å². The van der Waals surface area contributed by atoms with Crippen LogP contribution in [0.25, 0.3) is 89.2 Å². The molecular weight excluding hydrogens is 695 g/mol. The average molecular weight is 738 g/mol. The lowest BCUT2D eigenvalue weighted by Gasteiger charge is -2.12. The highest BCUT2D eigenvalue weighted by Crippen LogP contribution is 2.42. The number of para-hydroxylation sites is 2. The summed E-state index contributed by atoms with van der Waals surface area (Å²) in [4.78, 5) is 15.4. The number of hydrogen-bond donors (Lipinski definition) is 0. The van der Waals surface area contributed by atoms with E-state index >= 15 is 0 Å². The second-order valence-electron chi connectivity index (χ2n) is 13.3. The minimum Gasteiger partial charge on any atom is -0.309 e. The molecule has 0 saturated heterocycles. The Morgan fingerprint density at radius 3 is 1.47 bits per heavy atom. The van der Waals surface area contributed by atoms with Crippen LogP contribution in [0.3, 0.4) is 0 Å². The average Bonchev–Trinajstić information content (AvgIpc) is 3.81. The Hall–Kier alpha value is -7.37. The Bertz CT molecular complexity index is 2920. The molecule has 0 radical (unpaired) electrons. The third-order valence-corrected chi connectivity index (χ3v) is 9.92. The molecule has 276 valence electrons. The topological polar surface area (TPSA) is 48.5 Å². The number of aromatic nitrogens is 5. The zero-order valence-corrected chi connectivity index (χ0v) is 32.4. The smallest absolute Gasteiger partial charge is 0.238 e. The standard InChI is InChI=1S/C45H29N5.C5H8.C2H6/c1-4-14-30(15-5-1)31-24-26-34(27-25-31)49-39-23-13-11-21-37(39)41-40(49)29-28-36-35-20-10-12-22-38(35)50(42(36)41)45-47-43(32-16-6-2-7-17-32)46-44(48-45)33-18-8-3-9-19-33;1-3-5-4-2;1-2/h1-29H;3-5H,1H2,2H3;1-2H3/b;5-4-;. The van der Waals surface area contributed by atoms with Gasteiger partial charge in [-0.25, -0.2) is 4.98 Å². The first-order valence-corrected chi connectivity index (χ1v) is 19.5. The quantitative estimate of drug-likeness (QED) is 0.160. The van der Waals surface area contributed by atoms with Crippen LogP contribution in [0.15, 0.2) is 201 Å². The molecule has 5 heteroatoms. The molecule has 0 fully saturated rings. The highest BCUT2D eigenvalue weighted by atomic mass is 15.2. The lowest BCUT2D eigenvalue weighted by atomic mass is 10.1. The van der Waals surface area contributed by atoms with Crippen LogP contribution in [0.1, 0.15) is 20.8 Å². The van der Waals surface area contributed by atoms with Gasteiger partial charge in [-0.15, -0.1) is 0 Å². The van der Waals surface area contributed by atoms with Crippen molar-refractivity contribution in [3.8, 4) is 45.5 Å². The maximum absolute atomic E-state index is 5.20. The predicted octanol–water partition coefficient (Wildman–Crippen LogP) is 13.8. The highest BCUT2D eigenvalue weighted by molar-refractivity contribution is 6.26. The number of hydrogen-bond acceptors (Lipinski definition) is 3. The Labute approximate surface area is 333 Å². The van der Waals surface area contributed by atoms with Gasteiger partial charge in [0.2, 0.25) is 5.95 Å². The van der Waals surface area contributed by atoms with Gasteiger partial charge in [-0.1, -0.05) is 184 Å². The third kappa shape index (κ3) is 6.92. The molecule has 3 aromatic heterocycles. The summed E-state index contributed by atoms with van der Waals surface area (Å²) in [6.45, 7) is 9.42. The van der Waals surface area contributed by atoms with Gasteiger partial charge in [0, 0.05) is 38.4 Å². The number of allylic oxidation sites excluding steroid dienone is 3. The zero-order valence-electron chi connectivity index (χ0n) is 32.4. The maximum atomic E-state index is 5.20. The summed E-state index contributed by atoms with van der Waals surface area (Å²) in [6.07, 6.45) is 5.58. The molecule has 10 aromatic rings. The fourth-order valence-corrected chi connectivity index (χ4v) is 7.46. The number of nitrogens with zero attached hydrogens (tertiary/aromatic N) is 5. The van der Waals surface area contributed by atoms with Crippen molar-refractivity contribution in [1.82, 2.24) is 24.1 Å². The van der Waals surface area contributed by atoms with Crippen LogP contribution in [0, 0.1) is 0 Å². The van der Waals surface area contributed by atoms with Gasteiger partial charge >= 0.3 is 0 Å². The number of fused-ring (bicyclic) bond motifs is 7. The SMILES string of the molecule is C=C/C=C\C.CC.c1ccc(-c2ccc(-n3c4ccccc4c4c3ccc3c5ccccc5n(-c5nc(-c6ccccc6)nc(-c6ccccc6)n5)c34)cc2)cc1. The largest absolute Gasteiger partial charge is 0.309 e. The minimum atomic E-state index is 0.584. The minimum absolute atomic E-state index is 0.584. The summed E-state index contributed by atoms with van der Waals surface area (Å²) in [6, 6.07) is 61.4. The molecule has 3 heterocycles. The molecule has 10 rings (SSSR count). The van der Waals surface area contributed by atoms with Gasteiger partial charge in [0.15, 0.2) is 11.6 Å². The van der Waals surface area contributed by atoms with Gasteiger partial charge in [0.1, 0.15) is 0 Å². The molecule has 0 saturated carbocycles. The lowest BCUT2D eigenvalue weighted by Crippen LogP contribution is -2.06. The van der Waals surface area contributed by atoms with Crippen molar-refractivity contribution in [2.45, 2.75) is 20.8 Å². The monoisotopic (exact) mass is 737 g/mol. The summed E-state index contributed by atoms with van der Waals surface area (Å²) < 4.78 is 4.61. The molecule has 0 aliphatic heterocycles. The van der Waals surface area contributed by atoms with Gasteiger partial charge in [0.05, 0.1) is 22.1 Å². The first-order valence-electron chi connectivity index (χ1n) is 19.5. The Morgan fingerprint density at radius 1 is 0.439 bits per heavy atom. The second kappa shape index (κ2) is 16.6. The molecule has 57 heavy (non-hydrogen) atoms. The predicted molar refractivity (Wildman–Crippen MR) is 241 cm³/mol. The van der Waals surface area contributed by atoms with Crippen LogP contribution in [0.5, 0.6) is 0 Å². The van der Waals surface area contributed by atoms with Gasteiger partial charge in [0.25, 0.3) is 0 Å². The second-order valence-corrected chi connectivity index (χ2v) is 13.3. The van der Waals surface area contributed by atoms with E-state index in [9.17, 15) is 0 Å². The van der Waals surface area contributed by atoms with Crippen molar-refractivity contribution in [2.24, 2.45) is 0 Å². The summed E-state index contributed by atoms with van der Waals surface area (Å²) in [5.74, 6) is 1.85. The summed E-state index contributed by atoms with van der Waals surface area (Å²) in [5.41, 5.74) is 9.76. The van der Waals surface area contributed by atoms with Crippen molar-refractivity contribution in [2.75, 3.05) is 0 Å². The van der Waals surface area contributed by atoms with Crippen molar-refractivity contribution in [3.05, 3.63) is 201 Å². The fourth-order valence-electron chi connectivity index (χ4n) is 7.46. The lowest BCUT2D eigenvalue weighted by molar-refractivity contribution is 0.955. The van der Waals surface area contributed by atoms with E-state index in [1.165, 1.54) is 16.5 Å². The fraction of sp³-hybridized carbons (Fsp3) is 0.0577. The van der Waals surface area contributed by atoms with E-state index in [1.54, 1.807) is 6.08 Å². The van der Waals surface area contributed by atoms with Gasteiger partial charge < -0.3 is 4.57 Å². The molecule has 0 amide bonds. The van der Waals surface area contributed by atoms with Crippen molar-refractivity contribution < 1.29 is 0 Å². The zero-order chi connectivity index (χ0) is 39.1. The molecular formula is C52H43N5.